The summed E-state index contributed by atoms with van der Waals surface area (Å²) in [6.07, 6.45) is -4.57. The van der Waals surface area contributed by atoms with Crippen molar-refractivity contribution in [3.63, 3.8) is 0 Å². The minimum Gasteiger partial charge on any atom is -0.292 e. The van der Waals surface area contributed by atoms with E-state index in [1.807, 2.05) is 0 Å². The number of fused-ring (bicyclic) bond motifs is 1. The Labute approximate surface area is 137 Å². The summed E-state index contributed by atoms with van der Waals surface area (Å²) in [5.41, 5.74) is -1.01. The topological polar surface area (TPSA) is 42.9 Å². The molecule has 0 unspecified atom stereocenters. The second kappa shape index (κ2) is 6.29. The molecule has 0 N–H and O–H groups in total. The predicted molar refractivity (Wildman–Crippen MR) is 83.9 cm³/mol. The number of thioether (sulfide) groups is 1. The van der Waals surface area contributed by atoms with E-state index in [0.717, 1.165) is 11.8 Å². The van der Waals surface area contributed by atoms with Gasteiger partial charge in [0.05, 0.1) is 10.6 Å². The van der Waals surface area contributed by atoms with Crippen LogP contribution in [-0.4, -0.2) is 21.7 Å². The smallest absolute Gasteiger partial charge is 0.292 e. The molecule has 23 heavy (non-hydrogen) atoms. The van der Waals surface area contributed by atoms with Crippen LogP contribution in [0.1, 0.15) is 15.4 Å². The van der Waals surface area contributed by atoms with Gasteiger partial charge >= 0.3 is 6.18 Å². The first-order valence-corrected chi connectivity index (χ1v) is 8.35. The number of carbonyl (C=O) groups is 1. The number of hydrogen-bond donors (Lipinski definition) is 0. The van der Waals surface area contributed by atoms with Gasteiger partial charge in [-0.15, -0.1) is 21.5 Å². The molecule has 8 heteroatoms. The fraction of sp³-hybridized carbons (Fsp3) is 0.133. The highest BCUT2D eigenvalue weighted by Gasteiger charge is 2.35. The van der Waals surface area contributed by atoms with Crippen LogP contribution in [0.3, 0.4) is 0 Å². The van der Waals surface area contributed by atoms with Crippen molar-refractivity contribution >= 4 is 39.7 Å². The van der Waals surface area contributed by atoms with Gasteiger partial charge in [0.25, 0.3) is 0 Å². The molecule has 2 heterocycles. The fourth-order valence-electron chi connectivity index (χ4n) is 2.04. The zero-order chi connectivity index (χ0) is 16.4. The lowest BCUT2D eigenvalue weighted by Gasteiger charge is -2.10. The van der Waals surface area contributed by atoms with Gasteiger partial charge in [0, 0.05) is 10.8 Å². The van der Waals surface area contributed by atoms with E-state index in [9.17, 15) is 18.0 Å². The Morgan fingerprint density at radius 1 is 1.09 bits per heavy atom. The first-order valence-electron chi connectivity index (χ1n) is 6.49. The van der Waals surface area contributed by atoms with Crippen LogP contribution in [0.2, 0.25) is 0 Å². The van der Waals surface area contributed by atoms with Crippen LogP contribution in [0.4, 0.5) is 13.2 Å². The molecule has 0 fully saturated rings. The van der Waals surface area contributed by atoms with Crippen molar-refractivity contribution in [2.45, 2.75) is 11.2 Å². The molecule has 2 aromatic heterocycles. The molecule has 3 nitrogen and oxygen atoms in total. The molecule has 3 aromatic rings. The molecule has 0 aliphatic carbocycles. The number of nitrogens with zero attached hydrogens (tertiary/aromatic N) is 2. The van der Waals surface area contributed by atoms with Crippen LogP contribution in [-0.2, 0) is 6.18 Å². The zero-order valence-corrected chi connectivity index (χ0v) is 13.1. The first-order chi connectivity index (χ1) is 11.0. The maximum Gasteiger partial charge on any atom is 0.435 e. The van der Waals surface area contributed by atoms with Crippen LogP contribution in [0.5, 0.6) is 0 Å². The Morgan fingerprint density at radius 3 is 2.48 bits per heavy atom. The van der Waals surface area contributed by atoms with Gasteiger partial charge in [-0.1, -0.05) is 42.1 Å². The predicted octanol–water partition coefficient (Wildman–Crippen LogP) is 4.69. The van der Waals surface area contributed by atoms with Crippen molar-refractivity contribution in [3.05, 3.63) is 52.3 Å². The maximum absolute atomic E-state index is 13.0. The molecule has 0 spiro atoms. The molecule has 0 aliphatic rings. The Balaban J connectivity index is 1.92. The van der Waals surface area contributed by atoms with Crippen LogP contribution < -0.4 is 0 Å². The number of aromatic nitrogens is 2. The summed E-state index contributed by atoms with van der Waals surface area (Å²) in [5, 5.41) is 9.43. The lowest BCUT2D eigenvalue weighted by Crippen LogP contribution is -2.11. The second-order valence-electron chi connectivity index (χ2n) is 4.59. The van der Waals surface area contributed by atoms with E-state index in [2.05, 4.69) is 10.2 Å². The van der Waals surface area contributed by atoms with Crippen molar-refractivity contribution in [3.8, 4) is 0 Å². The molecule has 3 rings (SSSR count). The number of hydrogen-bond acceptors (Lipinski definition) is 5. The van der Waals surface area contributed by atoms with E-state index in [4.69, 9.17) is 0 Å². The maximum atomic E-state index is 13.0. The van der Waals surface area contributed by atoms with Crippen molar-refractivity contribution in [2.75, 3.05) is 5.75 Å². The molecule has 0 bridgehead atoms. The van der Waals surface area contributed by atoms with Crippen molar-refractivity contribution in [1.29, 1.82) is 0 Å². The Hall–Kier alpha value is -1.93. The molecule has 0 radical (unpaired) electrons. The summed E-state index contributed by atoms with van der Waals surface area (Å²) >= 11 is 2.42. The Bertz CT molecular complexity index is 848. The molecule has 1 aromatic carbocycles. The third-order valence-electron chi connectivity index (χ3n) is 3.06. The normalized spacial score (nSPS) is 11.8. The Morgan fingerprint density at radius 2 is 1.83 bits per heavy atom. The van der Waals surface area contributed by atoms with Crippen LogP contribution in [0, 0.1) is 0 Å². The lowest BCUT2D eigenvalue weighted by molar-refractivity contribution is -0.140. The first kappa shape index (κ1) is 15.9. The number of halogens is 3. The monoisotopic (exact) mass is 354 g/mol. The van der Waals surface area contributed by atoms with Crippen LogP contribution in [0.15, 0.2) is 46.8 Å². The van der Waals surface area contributed by atoms with Crippen molar-refractivity contribution in [2.24, 2.45) is 0 Å². The number of carbonyl (C=O) groups excluding carboxylic acids is 1. The largest absolute Gasteiger partial charge is 0.435 e. The van der Waals surface area contributed by atoms with E-state index < -0.39 is 11.9 Å². The summed E-state index contributed by atoms with van der Waals surface area (Å²) in [4.78, 5) is 12.6. The standard InChI is InChI=1S/C15H9F3N2OS2/c16-15(17,18)13-9-4-1-2-5-10(9)14(20-19-13)23-8-11(21)12-6-3-7-22-12/h1-7H,8H2. The molecule has 118 valence electrons. The number of thiophene rings is 1. The quantitative estimate of drug-likeness (QED) is 0.504. The molecule has 0 amide bonds. The van der Waals surface area contributed by atoms with Gasteiger partial charge in [0.15, 0.2) is 11.5 Å². The van der Waals surface area contributed by atoms with Crippen LogP contribution in [0.25, 0.3) is 10.8 Å². The van der Waals surface area contributed by atoms with Gasteiger partial charge in [-0.05, 0) is 11.4 Å². The lowest BCUT2D eigenvalue weighted by atomic mass is 10.1. The highest BCUT2D eigenvalue weighted by molar-refractivity contribution is 8.00. The average Bonchev–Trinajstić information content (AvgIpc) is 3.05. The third kappa shape index (κ3) is 3.37. The summed E-state index contributed by atoms with van der Waals surface area (Å²) in [5.74, 6) is 0.0145. The van der Waals surface area contributed by atoms with Crippen LogP contribution >= 0.6 is 23.1 Å². The number of alkyl halides is 3. The van der Waals surface area contributed by atoms with Gasteiger partial charge < -0.3 is 0 Å². The van der Waals surface area contributed by atoms with Gasteiger partial charge in [-0.2, -0.15) is 13.2 Å². The highest BCUT2D eigenvalue weighted by atomic mass is 32.2. The summed E-state index contributed by atoms with van der Waals surface area (Å²) in [7, 11) is 0. The molecular formula is C15H9F3N2OS2. The van der Waals surface area contributed by atoms with E-state index in [1.165, 1.54) is 23.5 Å². The summed E-state index contributed by atoms with van der Waals surface area (Å²) in [6, 6.07) is 9.55. The minimum absolute atomic E-state index is 0.0129. The highest BCUT2D eigenvalue weighted by Crippen LogP contribution is 2.35. The van der Waals surface area contributed by atoms with Gasteiger partial charge in [0.1, 0.15) is 5.03 Å². The van der Waals surface area contributed by atoms with Gasteiger partial charge in [0.2, 0.25) is 0 Å². The minimum atomic E-state index is -4.57. The number of benzene rings is 1. The fourth-order valence-corrected chi connectivity index (χ4v) is 3.65. The molecule has 0 aliphatic heterocycles. The summed E-state index contributed by atoms with van der Waals surface area (Å²) < 4.78 is 39.0. The molecule has 0 atom stereocenters. The van der Waals surface area contributed by atoms with Gasteiger partial charge in [-0.25, -0.2) is 0 Å². The van der Waals surface area contributed by atoms with Crippen molar-refractivity contribution in [1.82, 2.24) is 10.2 Å². The molecule has 0 saturated heterocycles. The number of ketones is 1. The Kier molecular flexibility index (Phi) is 4.36. The zero-order valence-electron chi connectivity index (χ0n) is 11.5. The third-order valence-corrected chi connectivity index (χ3v) is 4.95. The number of Topliss-reactive ketones (excluding diaryl/α,β-unsaturated/α-hetero) is 1. The van der Waals surface area contributed by atoms with E-state index in [1.54, 1.807) is 29.6 Å². The second-order valence-corrected chi connectivity index (χ2v) is 6.50. The molecular weight excluding hydrogens is 345 g/mol. The molecule has 0 saturated carbocycles. The van der Waals surface area contributed by atoms with Crippen molar-refractivity contribution < 1.29 is 18.0 Å². The van der Waals surface area contributed by atoms with E-state index in [0.29, 0.717) is 15.3 Å². The summed E-state index contributed by atoms with van der Waals surface area (Å²) in [6.45, 7) is 0. The average molecular weight is 354 g/mol. The van der Waals surface area contributed by atoms with E-state index in [-0.39, 0.29) is 16.9 Å². The SMILES string of the molecule is O=C(CSc1nnc(C(F)(F)F)c2ccccc12)c1cccs1. The van der Waals surface area contributed by atoms with Gasteiger partial charge in [-0.3, -0.25) is 4.79 Å². The number of rotatable bonds is 4. The van der Waals surface area contributed by atoms with E-state index >= 15 is 0 Å².